The first-order valence-corrected chi connectivity index (χ1v) is 7.17. The lowest BCUT2D eigenvalue weighted by molar-refractivity contribution is 0.601. The van der Waals surface area contributed by atoms with Gasteiger partial charge in [-0.1, -0.05) is 0 Å². The van der Waals surface area contributed by atoms with E-state index in [4.69, 9.17) is 5.73 Å². The first kappa shape index (κ1) is 13.4. The second-order valence-electron chi connectivity index (χ2n) is 4.37. The highest BCUT2D eigenvalue weighted by molar-refractivity contribution is 7.92. The lowest BCUT2D eigenvalue weighted by atomic mass is 10.2. The summed E-state index contributed by atoms with van der Waals surface area (Å²) in [4.78, 5) is 4.13. The molecule has 0 atom stereocenters. The van der Waals surface area contributed by atoms with Crippen molar-refractivity contribution in [1.29, 1.82) is 0 Å². The van der Waals surface area contributed by atoms with E-state index in [1.165, 1.54) is 12.3 Å². The minimum absolute atomic E-state index is 0.181. The monoisotopic (exact) mass is 277 g/mol. The Labute approximate surface area is 112 Å². The highest BCUT2D eigenvalue weighted by atomic mass is 32.2. The Kier molecular flexibility index (Phi) is 3.44. The van der Waals surface area contributed by atoms with Gasteiger partial charge in [0.05, 0.1) is 16.8 Å². The van der Waals surface area contributed by atoms with Crippen LogP contribution in [0, 0.1) is 13.8 Å². The van der Waals surface area contributed by atoms with Gasteiger partial charge in [-0.2, -0.15) is 0 Å². The Morgan fingerprint density at radius 1 is 1.16 bits per heavy atom. The molecule has 2 aromatic rings. The number of nitrogens with one attached hydrogen (secondary N) is 1. The molecule has 0 aliphatic rings. The van der Waals surface area contributed by atoms with E-state index in [2.05, 4.69) is 9.71 Å². The summed E-state index contributed by atoms with van der Waals surface area (Å²) in [5.41, 5.74) is 8.29. The summed E-state index contributed by atoms with van der Waals surface area (Å²) in [5, 5.41) is 0. The zero-order chi connectivity index (χ0) is 14.0. The number of benzene rings is 1. The first-order chi connectivity index (χ1) is 8.88. The molecular weight excluding hydrogens is 262 g/mol. The van der Waals surface area contributed by atoms with Crippen molar-refractivity contribution in [3.63, 3.8) is 0 Å². The Morgan fingerprint density at radius 3 is 2.53 bits per heavy atom. The second kappa shape index (κ2) is 4.89. The number of nitrogen functional groups attached to an aromatic ring is 1. The second-order valence-corrected chi connectivity index (χ2v) is 6.06. The van der Waals surface area contributed by atoms with E-state index in [0.29, 0.717) is 11.4 Å². The minimum Gasteiger partial charge on any atom is -0.399 e. The van der Waals surface area contributed by atoms with Crippen molar-refractivity contribution in [2.75, 3.05) is 10.5 Å². The topological polar surface area (TPSA) is 85.1 Å². The zero-order valence-electron chi connectivity index (χ0n) is 10.7. The summed E-state index contributed by atoms with van der Waals surface area (Å²) in [7, 11) is -3.61. The van der Waals surface area contributed by atoms with E-state index in [9.17, 15) is 8.42 Å². The van der Waals surface area contributed by atoms with Crippen molar-refractivity contribution in [3.8, 4) is 0 Å². The number of hydrogen-bond donors (Lipinski definition) is 2. The summed E-state index contributed by atoms with van der Waals surface area (Å²) in [6.07, 6.45) is 3.12. The summed E-state index contributed by atoms with van der Waals surface area (Å²) >= 11 is 0. The highest BCUT2D eigenvalue weighted by Gasteiger charge is 2.15. The lowest BCUT2D eigenvalue weighted by Crippen LogP contribution is -2.13. The van der Waals surface area contributed by atoms with E-state index in [-0.39, 0.29) is 4.90 Å². The lowest BCUT2D eigenvalue weighted by Gasteiger charge is -2.09. The van der Waals surface area contributed by atoms with Crippen LogP contribution in [0.25, 0.3) is 0 Å². The summed E-state index contributed by atoms with van der Waals surface area (Å²) in [6.45, 7) is 3.61. The Balaban J connectivity index is 2.35. The average molecular weight is 277 g/mol. The number of rotatable bonds is 3. The van der Waals surface area contributed by atoms with Gasteiger partial charge in [-0.25, -0.2) is 8.42 Å². The molecule has 0 unspecified atom stereocenters. The molecule has 1 heterocycles. The standard InChI is InChI=1S/C13H15N3O2S/c1-9-5-11(8-15-7-9)16-19(17,18)12-3-4-13(14)10(2)6-12/h3-8,16H,14H2,1-2H3. The molecular formula is C13H15N3O2S. The van der Waals surface area contributed by atoms with Crippen molar-refractivity contribution in [2.24, 2.45) is 0 Å². The maximum absolute atomic E-state index is 12.2. The smallest absolute Gasteiger partial charge is 0.261 e. The predicted molar refractivity (Wildman–Crippen MR) is 75.4 cm³/mol. The number of nitrogens with two attached hydrogens (primary N) is 1. The molecule has 5 nitrogen and oxygen atoms in total. The van der Waals surface area contributed by atoms with Crippen LogP contribution in [-0.2, 0) is 10.0 Å². The maximum Gasteiger partial charge on any atom is 0.261 e. The van der Waals surface area contributed by atoms with Crippen molar-refractivity contribution in [2.45, 2.75) is 18.7 Å². The zero-order valence-corrected chi connectivity index (χ0v) is 11.5. The molecule has 0 spiro atoms. The van der Waals surface area contributed by atoms with Crippen LogP contribution in [0.3, 0.4) is 0 Å². The number of aromatic nitrogens is 1. The molecule has 0 aliphatic carbocycles. The number of nitrogens with zero attached hydrogens (tertiary/aromatic N) is 1. The molecule has 2 rings (SSSR count). The predicted octanol–water partition coefficient (Wildman–Crippen LogP) is 2.08. The van der Waals surface area contributed by atoms with Gasteiger partial charge in [0.25, 0.3) is 10.0 Å². The molecule has 0 bridgehead atoms. The van der Waals surface area contributed by atoms with Gasteiger partial charge in [-0.3, -0.25) is 9.71 Å². The van der Waals surface area contributed by atoms with Crippen LogP contribution in [0.2, 0.25) is 0 Å². The number of hydrogen-bond acceptors (Lipinski definition) is 4. The van der Waals surface area contributed by atoms with Crippen molar-refractivity contribution in [1.82, 2.24) is 4.98 Å². The quantitative estimate of drug-likeness (QED) is 0.841. The Morgan fingerprint density at radius 2 is 1.89 bits per heavy atom. The molecule has 0 radical (unpaired) electrons. The Bertz CT molecular complexity index is 712. The van der Waals surface area contributed by atoms with Gasteiger partial charge in [0.2, 0.25) is 0 Å². The fourth-order valence-corrected chi connectivity index (χ4v) is 2.76. The molecule has 0 saturated carbocycles. The van der Waals surface area contributed by atoms with Gasteiger partial charge in [0.1, 0.15) is 0 Å². The molecule has 1 aromatic carbocycles. The molecule has 0 saturated heterocycles. The third-order valence-electron chi connectivity index (χ3n) is 2.68. The molecule has 6 heteroatoms. The van der Waals surface area contributed by atoms with Gasteiger partial charge in [-0.05, 0) is 49.2 Å². The van der Waals surface area contributed by atoms with E-state index < -0.39 is 10.0 Å². The molecule has 3 N–H and O–H groups in total. The van der Waals surface area contributed by atoms with Crippen LogP contribution in [-0.4, -0.2) is 13.4 Å². The van der Waals surface area contributed by atoms with Crippen LogP contribution in [0.15, 0.2) is 41.6 Å². The van der Waals surface area contributed by atoms with Gasteiger partial charge in [0, 0.05) is 11.9 Å². The normalized spacial score (nSPS) is 11.3. The third kappa shape index (κ3) is 3.03. The number of pyridine rings is 1. The number of sulfonamides is 1. The van der Waals surface area contributed by atoms with Gasteiger partial charge < -0.3 is 5.73 Å². The molecule has 19 heavy (non-hydrogen) atoms. The average Bonchev–Trinajstić information content (AvgIpc) is 2.32. The minimum atomic E-state index is -3.61. The largest absolute Gasteiger partial charge is 0.399 e. The molecule has 0 amide bonds. The summed E-state index contributed by atoms with van der Waals surface area (Å²) < 4.78 is 26.9. The molecule has 0 aliphatic heterocycles. The van der Waals surface area contributed by atoms with Gasteiger partial charge in [0.15, 0.2) is 0 Å². The molecule has 0 fully saturated rings. The third-order valence-corrected chi connectivity index (χ3v) is 4.06. The fraction of sp³-hybridized carbons (Fsp3) is 0.154. The number of aryl methyl sites for hydroxylation is 2. The Hall–Kier alpha value is -2.08. The van der Waals surface area contributed by atoms with Crippen LogP contribution < -0.4 is 10.5 Å². The van der Waals surface area contributed by atoms with Crippen LogP contribution >= 0.6 is 0 Å². The SMILES string of the molecule is Cc1cncc(NS(=O)(=O)c2ccc(N)c(C)c2)c1. The molecule has 1 aromatic heterocycles. The first-order valence-electron chi connectivity index (χ1n) is 5.69. The summed E-state index contributed by atoms with van der Waals surface area (Å²) in [5.74, 6) is 0. The van der Waals surface area contributed by atoms with Crippen LogP contribution in [0.5, 0.6) is 0 Å². The van der Waals surface area contributed by atoms with E-state index in [1.54, 1.807) is 31.3 Å². The molecule has 100 valence electrons. The van der Waals surface area contributed by atoms with E-state index in [0.717, 1.165) is 11.1 Å². The highest BCUT2D eigenvalue weighted by Crippen LogP contribution is 2.20. The summed E-state index contributed by atoms with van der Waals surface area (Å²) in [6, 6.07) is 6.32. The van der Waals surface area contributed by atoms with Gasteiger partial charge >= 0.3 is 0 Å². The fourth-order valence-electron chi connectivity index (χ4n) is 1.64. The maximum atomic E-state index is 12.2. The van der Waals surface area contributed by atoms with Gasteiger partial charge in [-0.15, -0.1) is 0 Å². The number of anilines is 2. The van der Waals surface area contributed by atoms with E-state index in [1.807, 2.05) is 6.92 Å². The van der Waals surface area contributed by atoms with Crippen LogP contribution in [0.1, 0.15) is 11.1 Å². The van der Waals surface area contributed by atoms with Crippen molar-refractivity contribution in [3.05, 3.63) is 47.8 Å². The van der Waals surface area contributed by atoms with Crippen molar-refractivity contribution >= 4 is 21.4 Å². The van der Waals surface area contributed by atoms with Crippen molar-refractivity contribution < 1.29 is 8.42 Å². The van der Waals surface area contributed by atoms with Crippen LogP contribution in [0.4, 0.5) is 11.4 Å². The van der Waals surface area contributed by atoms with E-state index >= 15 is 0 Å².